The molecular formula is C24H28BrClN2O2. The molecule has 6 heteroatoms. The average molecular weight is 492 g/mol. The van der Waals surface area contributed by atoms with Crippen LogP contribution in [0.3, 0.4) is 0 Å². The number of halogens is 2. The van der Waals surface area contributed by atoms with Gasteiger partial charge in [0.05, 0.1) is 0 Å². The summed E-state index contributed by atoms with van der Waals surface area (Å²) >= 11 is 9.73. The predicted octanol–water partition coefficient (Wildman–Crippen LogP) is 5.51. The smallest absolute Gasteiger partial charge is 0.242 e. The molecule has 2 aromatic rings. The van der Waals surface area contributed by atoms with Gasteiger partial charge in [0.1, 0.15) is 6.04 Å². The van der Waals surface area contributed by atoms with E-state index in [2.05, 4.69) is 21.2 Å². The first-order chi connectivity index (χ1) is 14.4. The second kappa shape index (κ2) is 11.0. The molecule has 1 saturated carbocycles. The van der Waals surface area contributed by atoms with E-state index >= 15 is 0 Å². The summed E-state index contributed by atoms with van der Waals surface area (Å²) in [4.78, 5) is 27.8. The zero-order chi connectivity index (χ0) is 21.5. The third-order valence-electron chi connectivity index (χ3n) is 5.68. The molecule has 1 aliphatic rings. The SMILES string of the molecule is C[C@@H](C(=O)NC1CCCC1)N(Cc1cccc(Br)c1)C(=O)CCc1ccccc1Cl. The number of benzene rings is 2. The molecule has 4 nitrogen and oxygen atoms in total. The monoisotopic (exact) mass is 490 g/mol. The van der Waals surface area contributed by atoms with Gasteiger partial charge >= 0.3 is 0 Å². The number of carbonyl (C=O) groups is 2. The normalized spacial score (nSPS) is 15.0. The number of carbonyl (C=O) groups excluding carboxylic acids is 2. The van der Waals surface area contributed by atoms with E-state index in [0.717, 1.165) is 41.3 Å². The van der Waals surface area contributed by atoms with Gasteiger partial charge in [0.2, 0.25) is 11.8 Å². The summed E-state index contributed by atoms with van der Waals surface area (Å²) in [6, 6.07) is 15.1. The molecule has 0 heterocycles. The molecule has 1 N–H and O–H groups in total. The van der Waals surface area contributed by atoms with Gasteiger partial charge in [-0.05, 0) is 55.5 Å². The van der Waals surface area contributed by atoms with E-state index in [1.807, 2.05) is 55.5 Å². The van der Waals surface area contributed by atoms with Crippen molar-refractivity contribution in [3.63, 3.8) is 0 Å². The summed E-state index contributed by atoms with van der Waals surface area (Å²) in [5, 5.41) is 3.79. The van der Waals surface area contributed by atoms with Gasteiger partial charge in [-0.25, -0.2) is 0 Å². The van der Waals surface area contributed by atoms with E-state index in [1.165, 1.54) is 0 Å². The topological polar surface area (TPSA) is 49.4 Å². The fourth-order valence-corrected chi connectivity index (χ4v) is 4.57. The number of nitrogens with one attached hydrogen (secondary N) is 1. The summed E-state index contributed by atoms with van der Waals surface area (Å²) in [5.41, 5.74) is 1.92. The van der Waals surface area contributed by atoms with Crippen LogP contribution in [-0.2, 0) is 22.6 Å². The van der Waals surface area contributed by atoms with Crippen molar-refractivity contribution in [1.29, 1.82) is 0 Å². The maximum Gasteiger partial charge on any atom is 0.242 e. The van der Waals surface area contributed by atoms with Crippen LogP contribution in [0.15, 0.2) is 53.0 Å². The van der Waals surface area contributed by atoms with Crippen LogP contribution in [-0.4, -0.2) is 28.8 Å². The Morgan fingerprint density at radius 2 is 1.90 bits per heavy atom. The van der Waals surface area contributed by atoms with Crippen LogP contribution in [0.2, 0.25) is 5.02 Å². The molecule has 160 valence electrons. The molecule has 0 spiro atoms. The Morgan fingerprint density at radius 1 is 1.17 bits per heavy atom. The van der Waals surface area contributed by atoms with Crippen molar-refractivity contribution in [3.05, 3.63) is 69.2 Å². The van der Waals surface area contributed by atoms with Gasteiger partial charge in [-0.15, -0.1) is 0 Å². The number of hydrogen-bond acceptors (Lipinski definition) is 2. The first-order valence-electron chi connectivity index (χ1n) is 10.5. The summed E-state index contributed by atoms with van der Waals surface area (Å²) in [5.74, 6) is -0.132. The third-order valence-corrected chi connectivity index (χ3v) is 6.54. The Labute approximate surface area is 192 Å². The molecular weight excluding hydrogens is 464 g/mol. The highest BCUT2D eigenvalue weighted by molar-refractivity contribution is 9.10. The van der Waals surface area contributed by atoms with Gasteiger partial charge in [0.25, 0.3) is 0 Å². The molecule has 0 unspecified atom stereocenters. The Morgan fingerprint density at radius 3 is 2.60 bits per heavy atom. The van der Waals surface area contributed by atoms with Crippen molar-refractivity contribution >= 4 is 39.3 Å². The average Bonchev–Trinajstić information content (AvgIpc) is 3.24. The molecule has 0 bridgehead atoms. The third kappa shape index (κ3) is 6.32. The molecule has 0 radical (unpaired) electrons. The summed E-state index contributed by atoms with van der Waals surface area (Å²) < 4.78 is 0.950. The van der Waals surface area contributed by atoms with E-state index < -0.39 is 6.04 Å². The highest BCUT2D eigenvalue weighted by Crippen LogP contribution is 2.21. The lowest BCUT2D eigenvalue weighted by Gasteiger charge is -2.30. The van der Waals surface area contributed by atoms with Gasteiger partial charge in [-0.1, -0.05) is 70.7 Å². The minimum absolute atomic E-state index is 0.0519. The molecule has 2 amide bonds. The van der Waals surface area contributed by atoms with Crippen LogP contribution in [0.25, 0.3) is 0 Å². The summed E-state index contributed by atoms with van der Waals surface area (Å²) in [6.45, 7) is 2.20. The fourth-order valence-electron chi connectivity index (χ4n) is 3.89. The van der Waals surface area contributed by atoms with Crippen LogP contribution in [0.5, 0.6) is 0 Å². The number of hydrogen-bond donors (Lipinski definition) is 1. The zero-order valence-corrected chi connectivity index (χ0v) is 19.6. The van der Waals surface area contributed by atoms with E-state index in [-0.39, 0.29) is 17.9 Å². The number of rotatable bonds is 8. The Bertz CT molecular complexity index is 883. The van der Waals surface area contributed by atoms with Crippen molar-refractivity contribution < 1.29 is 9.59 Å². The maximum absolute atomic E-state index is 13.2. The van der Waals surface area contributed by atoms with Gasteiger partial charge in [-0.3, -0.25) is 9.59 Å². The van der Waals surface area contributed by atoms with Crippen LogP contribution < -0.4 is 5.32 Å². The largest absolute Gasteiger partial charge is 0.352 e. The van der Waals surface area contributed by atoms with E-state index in [1.54, 1.807) is 4.90 Å². The Hall–Kier alpha value is -1.85. The summed E-state index contributed by atoms with van der Waals surface area (Å²) in [6.07, 6.45) is 5.19. The zero-order valence-electron chi connectivity index (χ0n) is 17.2. The standard InChI is InChI=1S/C24H28BrClN2O2/c1-17(24(30)27-21-10-3-4-11-21)28(16-18-7-6-9-20(25)15-18)23(29)14-13-19-8-2-5-12-22(19)26/h2,5-9,12,15,17,21H,3-4,10-11,13-14,16H2,1H3,(H,27,30)/t17-/m0/s1. The summed E-state index contributed by atoms with van der Waals surface area (Å²) in [7, 11) is 0. The van der Waals surface area contributed by atoms with E-state index in [9.17, 15) is 9.59 Å². The molecule has 3 rings (SSSR count). The molecule has 30 heavy (non-hydrogen) atoms. The maximum atomic E-state index is 13.2. The number of aryl methyl sites for hydroxylation is 1. The van der Waals surface area contributed by atoms with Crippen LogP contribution in [0, 0.1) is 0 Å². The molecule has 1 fully saturated rings. The molecule has 0 aromatic heterocycles. The van der Waals surface area contributed by atoms with Crippen molar-refractivity contribution in [2.24, 2.45) is 0 Å². The van der Waals surface area contributed by atoms with Crippen LogP contribution in [0.4, 0.5) is 0 Å². The molecule has 0 aliphatic heterocycles. The van der Waals surface area contributed by atoms with Crippen molar-refractivity contribution in [1.82, 2.24) is 10.2 Å². The predicted molar refractivity (Wildman–Crippen MR) is 124 cm³/mol. The molecule has 1 atom stereocenters. The highest BCUT2D eigenvalue weighted by atomic mass is 79.9. The van der Waals surface area contributed by atoms with Crippen LogP contribution >= 0.6 is 27.5 Å². The van der Waals surface area contributed by atoms with Gasteiger partial charge in [-0.2, -0.15) is 0 Å². The molecule has 0 saturated heterocycles. The van der Waals surface area contributed by atoms with E-state index in [4.69, 9.17) is 11.6 Å². The second-order valence-corrected chi connectivity index (χ2v) is 9.23. The lowest BCUT2D eigenvalue weighted by atomic mass is 10.1. The quantitative estimate of drug-likeness (QED) is 0.529. The lowest BCUT2D eigenvalue weighted by molar-refractivity contribution is -0.140. The van der Waals surface area contributed by atoms with Gasteiger partial charge in [0, 0.05) is 28.5 Å². The fraction of sp³-hybridized carbons (Fsp3) is 0.417. The van der Waals surface area contributed by atoms with Crippen molar-refractivity contribution in [2.45, 2.75) is 64.1 Å². The second-order valence-electron chi connectivity index (χ2n) is 7.91. The minimum atomic E-state index is -0.539. The molecule has 2 aromatic carbocycles. The lowest BCUT2D eigenvalue weighted by Crippen LogP contribution is -2.49. The molecule has 1 aliphatic carbocycles. The first-order valence-corrected chi connectivity index (χ1v) is 11.7. The minimum Gasteiger partial charge on any atom is -0.352 e. The van der Waals surface area contributed by atoms with Crippen LogP contribution in [0.1, 0.15) is 50.2 Å². The van der Waals surface area contributed by atoms with E-state index in [0.29, 0.717) is 24.4 Å². The first kappa shape index (κ1) is 22.8. The van der Waals surface area contributed by atoms with Crippen molar-refractivity contribution in [3.8, 4) is 0 Å². The number of amides is 2. The Balaban J connectivity index is 1.72. The highest BCUT2D eigenvalue weighted by Gasteiger charge is 2.28. The van der Waals surface area contributed by atoms with Gasteiger partial charge in [0.15, 0.2) is 0 Å². The van der Waals surface area contributed by atoms with Crippen molar-refractivity contribution in [2.75, 3.05) is 0 Å². The number of nitrogens with zero attached hydrogens (tertiary/aromatic N) is 1. The Kier molecular flexibility index (Phi) is 8.34. The van der Waals surface area contributed by atoms with Gasteiger partial charge < -0.3 is 10.2 Å².